The lowest BCUT2D eigenvalue weighted by molar-refractivity contribution is 0.102. The summed E-state index contributed by atoms with van der Waals surface area (Å²) in [6, 6.07) is 12.3. The highest BCUT2D eigenvalue weighted by Crippen LogP contribution is 2.28. The van der Waals surface area contributed by atoms with Crippen molar-refractivity contribution in [1.29, 1.82) is 0 Å². The van der Waals surface area contributed by atoms with Crippen LogP contribution >= 0.6 is 11.6 Å². The van der Waals surface area contributed by atoms with E-state index in [-0.39, 0.29) is 5.69 Å². The molecular weight excluding hydrogens is 356 g/mol. The van der Waals surface area contributed by atoms with Gasteiger partial charge in [-0.2, -0.15) is 0 Å². The van der Waals surface area contributed by atoms with Gasteiger partial charge in [-0.05, 0) is 37.3 Å². The molecule has 0 aliphatic carbocycles. The smallest absolute Gasteiger partial charge is 0.278 e. The summed E-state index contributed by atoms with van der Waals surface area (Å²) in [4.78, 5) is 12.7. The molecule has 3 aromatic rings. The van der Waals surface area contributed by atoms with Crippen molar-refractivity contribution in [3.63, 3.8) is 0 Å². The van der Waals surface area contributed by atoms with Crippen LogP contribution in [0.4, 0.5) is 5.69 Å². The minimum absolute atomic E-state index is 0.193. The van der Waals surface area contributed by atoms with Crippen LogP contribution in [0.5, 0.6) is 11.5 Å². The topological polar surface area (TPSA) is 78.3 Å². The van der Waals surface area contributed by atoms with Gasteiger partial charge in [0.05, 0.1) is 25.6 Å². The number of hydrogen-bond acceptors (Lipinski definition) is 5. The van der Waals surface area contributed by atoms with Gasteiger partial charge in [-0.25, -0.2) is 4.68 Å². The summed E-state index contributed by atoms with van der Waals surface area (Å²) in [5.41, 5.74) is 1.92. The predicted molar refractivity (Wildman–Crippen MR) is 98.6 cm³/mol. The van der Waals surface area contributed by atoms with Crippen molar-refractivity contribution >= 4 is 23.2 Å². The van der Waals surface area contributed by atoms with Gasteiger partial charge in [-0.3, -0.25) is 4.79 Å². The fourth-order valence-electron chi connectivity index (χ4n) is 2.53. The number of nitrogens with one attached hydrogen (secondary N) is 1. The van der Waals surface area contributed by atoms with Gasteiger partial charge >= 0.3 is 0 Å². The van der Waals surface area contributed by atoms with Crippen LogP contribution in [0.3, 0.4) is 0 Å². The standard InChI is InChI=1S/C18H17ClN4O3/c1-11-17(18(24)20-13-10-12(19)8-9-15(13)25-2)21-22-23(11)14-6-4-5-7-16(14)26-3/h4-10H,1-3H3,(H,20,24). The van der Waals surface area contributed by atoms with Crippen LogP contribution in [-0.4, -0.2) is 35.1 Å². The lowest BCUT2D eigenvalue weighted by atomic mass is 10.2. The van der Waals surface area contributed by atoms with E-state index < -0.39 is 5.91 Å². The van der Waals surface area contributed by atoms with E-state index in [0.717, 1.165) is 0 Å². The summed E-state index contributed by atoms with van der Waals surface area (Å²) in [6.45, 7) is 1.76. The van der Waals surface area contributed by atoms with Crippen molar-refractivity contribution in [3.8, 4) is 17.2 Å². The molecule has 2 aromatic carbocycles. The number of anilines is 1. The molecule has 0 atom stereocenters. The molecule has 0 saturated carbocycles. The fraction of sp³-hybridized carbons (Fsp3) is 0.167. The molecule has 0 saturated heterocycles. The molecule has 0 spiro atoms. The van der Waals surface area contributed by atoms with E-state index in [2.05, 4.69) is 15.6 Å². The highest BCUT2D eigenvalue weighted by Gasteiger charge is 2.20. The van der Waals surface area contributed by atoms with Crippen LogP contribution in [0.25, 0.3) is 5.69 Å². The molecule has 0 aliphatic heterocycles. The maximum absolute atomic E-state index is 12.7. The van der Waals surface area contributed by atoms with Gasteiger partial charge in [0.1, 0.15) is 17.2 Å². The Labute approximate surface area is 155 Å². The number of carbonyl (C=O) groups excluding carboxylic acids is 1. The lowest BCUT2D eigenvalue weighted by Gasteiger charge is -2.10. The molecule has 0 unspecified atom stereocenters. The fourth-order valence-corrected chi connectivity index (χ4v) is 2.70. The number of aromatic nitrogens is 3. The molecular formula is C18H17ClN4O3. The number of methoxy groups -OCH3 is 2. The summed E-state index contributed by atoms with van der Waals surface area (Å²) in [5.74, 6) is 0.714. The molecule has 26 heavy (non-hydrogen) atoms. The van der Waals surface area contributed by atoms with Crippen molar-refractivity contribution in [2.75, 3.05) is 19.5 Å². The molecule has 7 nitrogen and oxygen atoms in total. The van der Waals surface area contributed by atoms with Crippen LogP contribution in [0.2, 0.25) is 5.02 Å². The highest BCUT2D eigenvalue weighted by atomic mass is 35.5. The van der Waals surface area contributed by atoms with Crippen LogP contribution in [0.15, 0.2) is 42.5 Å². The Kier molecular flexibility index (Phi) is 5.09. The summed E-state index contributed by atoms with van der Waals surface area (Å²) in [5, 5.41) is 11.3. The number of carbonyl (C=O) groups is 1. The first kappa shape index (κ1) is 17.8. The summed E-state index contributed by atoms with van der Waals surface area (Å²) in [7, 11) is 3.09. The first-order valence-electron chi connectivity index (χ1n) is 7.75. The molecule has 0 fully saturated rings. The lowest BCUT2D eigenvalue weighted by Crippen LogP contribution is -2.15. The average molecular weight is 373 g/mol. The zero-order valence-electron chi connectivity index (χ0n) is 14.5. The molecule has 1 aromatic heterocycles. The Hall–Kier alpha value is -3.06. The van der Waals surface area contributed by atoms with Gasteiger partial charge in [0.2, 0.25) is 0 Å². The van der Waals surface area contributed by atoms with Crippen molar-refractivity contribution in [1.82, 2.24) is 15.0 Å². The predicted octanol–water partition coefficient (Wildman–Crippen LogP) is 3.50. The molecule has 3 rings (SSSR count). The van der Waals surface area contributed by atoms with E-state index in [1.165, 1.54) is 7.11 Å². The number of rotatable bonds is 5. The van der Waals surface area contributed by atoms with Gasteiger partial charge in [0, 0.05) is 5.02 Å². The monoisotopic (exact) mass is 372 g/mol. The maximum Gasteiger partial charge on any atom is 0.278 e. The van der Waals surface area contributed by atoms with Crippen LogP contribution in [0, 0.1) is 6.92 Å². The molecule has 8 heteroatoms. The molecule has 1 N–H and O–H groups in total. The van der Waals surface area contributed by atoms with E-state index in [1.807, 2.05) is 24.3 Å². The molecule has 1 amide bonds. The maximum atomic E-state index is 12.7. The Morgan fingerprint density at radius 2 is 1.85 bits per heavy atom. The Balaban J connectivity index is 1.93. The van der Waals surface area contributed by atoms with E-state index >= 15 is 0 Å². The van der Waals surface area contributed by atoms with Gasteiger partial charge in [0.25, 0.3) is 5.91 Å². The Bertz CT molecular complexity index is 955. The molecule has 134 valence electrons. The SMILES string of the molecule is COc1ccc(Cl)cc1NC(=O)c1nnn(-c2ccccc2OC)c1C. The second-order valence-electron chi connectivity index (χ2n) is 5.41. The van der Waals surface area contributed by atoms with Crippen LogP contribution in [-0.2, 0) is 0 Å². The van der Waals surface area contributed by atoms with Crippen molar-refractivity contribution in [2.24, 2.45) is 0 Å². The third-order valence-electron chi connectivity index (χ3n) is 3.83. The second kappa shape index (κ2) is 7.45. The number of para-hydroxylation sites is 2. The average Bonchev–Trinajstić information content (AvgIpc) is 3.03. The minimum Gasteiger partial charge on any atom is -0.495 e. The number of hydrogen-bond donors (Lipinski definition) is 1. The van der Waals surface area contributed by atoms with E-state index in [4.69, 9.17) is 21.1 Å². The van der Waals surface area contributed by atoms with Crippen LogP contribution < -0.4 is 14.8 Å². The van der Waals surface area contributed by atoms with E-state index in [0.29, 0.717) is 33.6 Å². The number of ether oxygens (including phenoxy) is 2. The molecule has 0 aliphatic rings. The Morgan fingerprint density at radius 1 is 1.12 bits per heavy atom. The largest absolute Gasteiger partial charge is 0.495 e. The molecule has 1 heterocycles. The molecule has 0 bridgehead atoms. The third-order valence-corrected chi connectivity index (χ3v) is 4.07. The quantitative estimate of drug-likeness (QED) is 0.741. The van der Waals surface area contributed by atoms with Crippen LogP contribution in [0.1, 0.15) is 16.2 Å². The van der Waals surface area contributed by atoms with Gasteiger partial charge in [0.15, 0.2) is 5.69 Å². The second-order valence-corrected chi connectivity index (χ2v) is 5.84. The summed E-state index contributed by atoms with van der Waals surface area (Å²) < 4.78 is 12.1. The van der Waals surface area contributed by atoms with Gasteiger partial charge in [-0.15, -0.1) is 5.10 Å². The number of amides is 1. The first-order valence-corrected chi connectivity index (χ1v) is 8.13. The summed E-state index contributed by atoms with van der Waals surface area (Å²) in [6.07, 6.45) is 0. The molecule has 0 radical (unpaired) electrons. The Morgan fingerprint density at radius 3 is 2.58 bits per heavy atom. The van der Waals surface area contributed by atoms with Gasteiger partial charge < -0.3 is 14.8 Å². The van der Waals surface area contributed by atoms with E-state index in [1.54, 1.807) is 36.9 Å². The number of halogens is 1. The minimum atomic E-state index is -0.413. The van der Waals surface area contributed by atoms with Gasteiger partial charge in [-0.1, -0.05) is 28.9 Å². The van der Waals surface area contributed by atoms with E-state index in [9.17, 15) is 4.79 Å². The number of benzene rings is 2. The zero-order valence-corrected chi connectivity index (χ0v) is 15.2. The van der Waals surface area contributed by atoms with Crippen molar-refractivity contribution in [3.05, 3.63) is 58.9 Å². The number of nitrogens with zero attached hydrogens (tertiary/aromatic N) is 3. The van der Waals surface area contributed by atoms with Crippen molar-refractivity contribution in [2.45, 2.75) is 6.92 Å². The normalized spacial score (nSPS) is 10.5. The van der Waals surface area contributed by atoms with Crippen molar-refractivity contribution < 1.29 is 14.3 Å². The zero-order chi connectivity index (χ0) is 18.7. The summed E-state index contributed by atoms with van der Waals surface area (Å²) >= 11 is 6.00. The highest BCUT2D eigenvalue weighted by molar-refractivity contribution is 6.31. The first-order chi connectivity index (χ1) is 12.5. The third kappa shape index (κ3) is 3.34.